The van der Waals surface area contributed by atoms with Gasteiger partial charge in [0.15, 0.2) is 0 Å². The summed E-state index contributed by atoms with van der Waals surface area (Å²) in [6.45, 7) is 0. The first-order valence-corrected chi connectivity index (χ1v) is 24.5. The molecule has 0 aliphatic heterocycles. The van der Waals surface area contributed by atoms with Gasteiger partial charge in [0, 0.05) is 62.5 Å². The molecule has 0 aliphatic carbocycles. The van der Waals surface area contributed by atoms with Crippen LogP contribution in [0.3, 0.4) is 0 Å². The fourth-order valence-electron chi connectivity index (χ4n) is 10.7. The molecule has 0 aliphatic rings. The van der Waals surface area contributed by atoms with Crippen molar-refractivity contribution in [3.8, 4) is 33.4 Å². The first-order chi connectivity index (χ1) is 33.2. The molecule has 0 spiro atoms. The minimum atomic E-state index is 1.10. The van der Waals surface area contributed by atoms with Crippen LogP contribution in [0.2, 0.25) is 0 Å². The number of thiophene rings is 2. The molecule has 2 heterocycles. The van der Waals surface area contributed by atoms with Gasteiger partial charge in [-0.2, -0.15) is 0 Å². The van der Waals surface area contributed by atoms with E-state index in [0.717, 1.165) is 17.1 Å². The third-order valence-electron chi connectivity index (χ3n) is 13.8. The summed E-state index contributed by atoms with van der Waals surface area (Å²) in [4.78, 5) is 2.50. The van der Waals surface area contributed by atoms with Crippen LogP contribution in [0.15, 0.2) is 237 Å². The molecule has 0 bridgehead atoms. The second kappa shape index (κ2) is 15.3. The number of benzene rings is 12. The van der Waals surface area contributed by atoms with E-state index in [1.165, 1.54) is 117 Å². The Hall–Kier alpha value is -8.08. The van der Waals surface area contributed by atoms with Gasteiger partial charge in [0.1, 0.15) is 0 Å². The first-order valence-electron chi connectivity index (χ1n) is 22.9. The van der Waals surface area contributed by atoms with E-state index in [2.05, 4.69) is 241 Å². The quantitative estimate of drug-likeness (QED) is 0.161. The topological polar surface area (TPSA) is 3.24 Å². The van der Waals surface area contributed by atoms with Crippen LogP contribution >= 0.6 is 22.7 Å². The largest absolute Gasteiger partial charge is 0.309 e. The zero-order valence-electron chi connectivity index (χ0n) is 36.3. The highest BCUT2D eigenvalue weighted by molar-refractivity contribution is 7.27. The molecular weight excluding hydrogens is 847 g/mol. The smallest absolute Gasteiger partial charge is 0.0541 e. The van der Waals surface area contributed by atoms with Crippen molar-refractivity contribution in [3.63, 3.8) is 0 Å². The lowest BCUT2D eigenvalue weighted by Crippen LogP contribution is -2.12. The summed E-state index contributed by atoms with van der Waals surface area (Å²) in [5.74, 6) is 0. The van der Waals surface area contributed by atoms with E-state index < -0.39 is 0 Å². The molecule has 0 saturated carbocycles. The van der Waals surface area contributed by atoms with Crippen molar-refractivity contribution < 1.29 is 0 Å². The number of nitrogens with zero attached hydrogens (tertiary/aromatic N) is 1. The van der Waals surface area contributed by atoms with Gasteiger partial charge in [-0.25, -0.2) is 0 Å². The van der Waals surface area contributed by atoms with E-state index in [1.807, 2.05) is 22.7 Å². The monoisotopic (exact) mass is 885 g/mol. The highest BCUT2D eigenvalue weighted by Gasteiger charge is 2.24. The number of rotatable bonds is 6. The Balaban J connectivity index is 1.02. The predicted octanol–water partition coefficient (Wildman–Crippen LogP) is 19.5. The van der Waals surface area contributed by atoms with E-state index in [-0.39, 0.29) is 0 Å². The number of fused-ring (bicyclic) bond motifs is 13. The Labute approximate surface area is 395 Å². The lowest BCUT2D eigenvalue weighted by Gasteiger charge is -2.30. The number of hydrogen-bond acceptors (Lipinski definition) is 3. The Bertz CT molecular complexity index is 4270. The molecule has 14 aromatic rings. The average molecular weight is 886 g/mol. The molecule has 0 atom stereocenters. The molecule has 0 N–H and O–H groups in total. The van der Waals surface area contributed by atoms with Crippen molar-refractivity contribution >= 4 is 123 Å². The highest BCUT2D eigenvalue weighted by atomic mass is 32.1. The third-order valence-corrected chi connectivity index (χ3v) is 16.1. The van der Waals surface area contributed by atoms with E-state index in [0.29, 0.717) is 0 Å². The Morgan fingerprint density at radius 2 is 0.806 bits per heavy atom. The maximum Gasteiger partial charge on any atom is 0.0541 e. The van der Waals surface area contributed by atoms with Crippen LogP contribution in [0.25, 0.3) is 117 Å². The minimum absolute atomic E-state index is 1.10. The van der Waals surface area contributed by atoms with Crippen molar-refractivity contribution in [1.29, 1.82) is 0 Å². The van der Waals surface area contributed by atoms with E-state index in [4.69, 9.17) is 0 Å². The third kappa shape index (κ3) is 6.13. The molecule has 0 amide bonds. The second-order valence-electron chi connectivity index (χ2n) is 17.6. The summed E-state index contributed by atoms with van der Waals surface area (Å²) < 4.78 is 5.24. The Kier molecular flexibility index (Phi) is 8.70. The zero-order valence-corrected chi connectivity index (χ0v) is 37.9. The summed E-state index contributed by atoms with van der Waals surface area (Å²) >= 11 is 3.79. The molecule has 2 aromatic heterocycles. The molecule has 0 saturated heterocycles. The lowest BCUT2D eigenvalue weighted by molar-refractivity contribution is 1.30. The van der Waals surface area contributed by atoms with Crippen molar-refractivity contribution in [2.75, 3.05) is 4.90 Å². The van der Waals surface area contributed by atoms with Crippen LogP contribution in [0, 0.1) is 0 Å². The molecule has 0 fully saturated rings. The van der Waals surface area contributed by atoms with Gasteiger partial charge in [0.2, 0.25) is 0 Å². The zero-order chi connectivity index (χ0) is 44.0. The van der Waals surface area contributed by atoms with Gasteiger partial charge in [0.05, 0.1) is 11.4 Å². The molecule has 67 heavy (non-hydrogen) atoms. The fraction of sp³-hybridized carbons (Fsp3) is 0. The van der Waals surface area contributed by atoms with E-state index in [1.54, 1.807) is 0 Å². The van der Waals surface area contributed by atoms with Crippen LogP contribution in [-0.4, -0.2) is 0 Å². The van der Waals surface area contributed by atoms with E-state index >= 15 is 0 Å². The molecule has 0 unspecified atom stereocenters. The SMILES string of the molecule is c1ccc(-c2ccc(N(c3ccc(-c4ccc5sc6ccc7ccccc7c6c5c4)cc3)c3cccc4ccccc34)c(-c3cc4ccccc4c4c3sc3ccc5ccccc5c34)c2)cc1. The fourth-order valence-corrected chi connectivity index (χ4v) is 13.1. The van der Waals surface area contributed by atoms with Crippen molar-refractivity contribution in [1.82, 2.24) is 0 Å². The lowest BCUT2D eigenvalue weighted by atomic mass is 9.91. The maximum atomic E-state index is 2.50. The normalized spacial score (nSPS) is 11.9. The highest BCUT2D eigenvalue weighted by Crippen LogP contribution is 2.51. The standard InChI is InChI=1S/C64H39NS2/c1-2-13-40(14-3-1)45-27-33-57(53(37-45)54-39-47-18-7-11-23-52(47)63-62-51-22-10-6-17-44(51)29-36-60(62)67-64(54)63)65(56-24-12-19-42-15-4-8-20-49(42)56)48-31-25-41(26-32-48)46-30-34-58-55(38-46)61-50-21-9-5-16-43(50)28-35-59(61)66-58/h1-39H. The second-order valence-corrected chi connectivity index (χ2v) is 19.7. The van der Waals surface area contributed by atoms with Gasteiger partial charge in [-0.1, -0.05) is 176 Å². The van der Waals surface area contributed by atoms with Crippen LogP contribution in [0.5, 0.6) is 0 Å². The van der Waals surface area contributed by atoms with Gasteiger partial charge in [-0.3, -0.25) is 0 Å². The molecular formula is C64H39NS2. The van der Waals surface area contributed by atoms with Gasteiger partial charge >= 0.3 is 0 Å². The summed E-state index contributed by atoms with van der Waals surface area (Å²) in [7, 11) is 0. The van der Waals surface area contributed by atoms with Crippen LogP contribution in [0.4, 0.5) is 17.1 Å². The summed E-state index contributed by atoms with van der Waals surface area (Å²) in [6, 6.07) is 87.8. The molecule has 3 heteroatoms. The molecule has 14 rings (SSSR count). The molecule has 0 radical (unpaired) electrons. The summed E-state index contributed by atoms with van der Waals surface area (Å²) in [5, 5.41) is 15.4. The van der Waals surface area contributed by atoms with Crippen molar-refractivity contribution in [2.45, 2.75) is 0 Å². The number of anilines is 3. The minimum Gasteiger partial charge on any atom is -0.309 e. The van der Waals surface area contributed by atoms with Crippen LogP contribution in [-0.2, 0) is 0 Å². The van der Waals surface area contributed by atoms with Crippen LogP contribution in [0.1, 0.15) is 0 Å². The molecule has 312 valence electrons. The van der Waals surface area contributed by atoms with E-state index in [9.17, 15) is 0 Å². The summed E-state index contributed by atoms with van der Waals surface area (Å²) in [5.41, 5.74) is 10.6. The van der Waals surface area contributed by atoms with Crippen molar-refractivity contribution in [2.24, 2.45) is 0 Å². The van der Waals surface area contributed by atoms with Gasteiger partial charge < -0.3 is 4.90 Å². The van der Waals surface area contributed by atoms with Gasteiger partial charge in [-0.15, -0.1) is 22.7 Å². The Morgan fingerprint density at radius 3 is 1.55 bits per heavy atom. The Morgan fingerprint density at radius 1 is 0.269 bits per heavy atom. The maximum absolute atomic E-state index is 2.50. The van der Waals surface area contributed by atoms with Gasteiger partial charge in [-0.05, 0) is 121 Å². The average Bonchev–Trinajstić information content (AvgIpc) is 3.99. The predicted molar refractivity (Wildman–Crippen MR) is 293 cm³/mol. The summed E-state index contributed by atoms with van der Waals surface area (Å²) in [6.07, 6.45) is 0. The molecule has 1 nitrogen and oxygen atoms in total. The first kappa shape index (κ1) is 38.2. The molecule has 12 aromatic carbocycles. The van der Waals surface area contributed by atoms with Crippen LogP contribution < -0.4 is 4.90 Å². The number of hydrogen-bond donors (Lipinski definition) is 0. The van der Waals surface area contributed by atoms with Gasteiger partial charge in [0.25, 0.3) is 0 Å². The van der Waals surface area contributed by atoms with Crippen molar-refractivity contribution in [3.05, 3.63) is 237 Å².